The topological polar surface area (TPSA) is 58.7 Å². The molecule has 0 atom stereocenters. The van der Waals surface area contributed by atoms with Crippen molar-refractivity contribution in [2.24, 2.45) is 10.7 Å². The maximum absolute atomic E-state index is 13.0. The zero-order valence-corrected chi connectivity index (χ0v) is 18.2. The zero-order valence-electron chi connectivity index (χ0n) is 18.2. The third-order valence-corrected chi connectivity index (χ3v) is 6.50. The van der Waals surface area contributed by atoms with Crippen molar-refractivity contribution in [3.63, 3.8) is 0 Å². The van der Waals surface area contributed by atoms with E-state index in [1.165, 1.54) is 35.1 Å². The second kappa shape index (κ2) is 8.47. The van der Waals surface area contributed by atoms with Gasteiger partial charge in [-0.3, -0.25) is 9.79 Å². The summed E-state index contributed by atoms with van der Waals surface area (Å²) in [6.07, 6.45) is 7.42. The summed E-state index contributed by atoms with van der Waals surface area (Å²) in [6.45, 7) is 4.83. The highest BCUT2D eigenvalue weighted by Gasteiger charge is 2.34. The third kappa shape index (κ3) is 3.91. The maximum atomic E-state index is 13.0. The van der Waals surface area contributed by atoms with Crippen LogP contribution in [0, 0.1) is 6.92 Å². The summed E-state index contributed by atoms with van der Waals surface area (Å²) in [5.41, 5.74) is 14.6. The van der Waals surface area contributed by atoms with Crippen molar-refractivity contribution in [3.8, 4) is 0 Å². The summed E-state index contributed by atoms with van der Waals surface area (Å²) in [6, 6.07) is 13.3. The molecular weight excluding hydrogens is 370 g/mol. The molecule has 4 nitrogen and oxygen atoms in total. The SMILES string of the molecule is CN=CC(=C(C)N)c1ccc(Cc2cc3c(cc2C)CN(C2CCCC2)C3=O)cc1. The maximum Gasteiger partial charge on any atom is 0.254 e. The number of hydrogen-bond acceptors (Lipinski definition) is 3. The first-order valence-corrected chi connectivity index (χ1v) is 10.9. The predicted molar refractivity (Wildman–Crippen MR) is 124 cm³/mol. The molecule has 0 unspecified atom stereocenters. The molecule has 1 saturated carbocycles. The second-order valence-electron chi connectivity index (χ2n) is 8.66. The van der Waals surface area contributed by atoms with Gasteiger partial charge in [-0.15, -0.1) is 0 Å². The number of nitrogens with two attached hydrogens (primary N) is 1. The number of carbonyl (C=O) groups excluding carboxylic acids is 1. The van der Waals surface area contributed by atoms with Crippen molar-refractivity contribution in [3.05, 3.63) is 75.5 Å². The zero-order chi connectivity index (χ0) is 21.3. The lowest BCUT2D eigenvalue weighted by Crippen LogP contribution is -2.33. The van der Waals surface area contributed by atoms with Gasteiger partial charge in [0.2, 0.25) is 0 Å². The van der Waals surface area contributed by atoms with E-state index in [1.807, 2.05) is 6.92 Å². The fraction of sp³-hybridized carbons (Fsp3) is 0.385. The quantitative estimate of drug-likeness (QED) is 0.726. The minimum atomic E-state index is 0.223. The molecule has 2 aromatic rings. The van der Waals surface area contributed by atoms with Crippen LogP contribution in [-0.4, -0.2) is 30.1 Å². The molecular formula is C26H31N3O. The van der Waals surface area contributed by atoms with Gasteiger partial charge in [-0.2, -0.15) is 0 Å². The molecule has 0 spiro atoms. The molecule has 0 saturated heterocycles. The van der Waals surface area contributed by atoms with Gasteiger partial charge < -0.3 is 10.6 Å². The average Bonchev–Trinajstić information content (AvgIpc) is 3.36. The van der Waals surface area contributed by atoms with Gasteiger partial charge in [-0.25, -0.2) is 0 Å². The molecule has 156 valence electrons. The van der Waals surface area contributed by atoms with Crippen molar-refractivity contribution in [1.29, 1.82) is 0 Å². The van der Waals surface area contributed by atoms with E-state index < -0.39 is 0 Å². The van der Waals surface area contributed by atoms with Gasteiger partial charge in [-0.05, 0) is 67.0 Å². The van der Waals surface area contributed by atoms with Gasteiger partial charge in [0.25, 0.3) is 5.91 Å². The van der Waals surface area contributed by atoms with E-state index >= 15 is 0 Å². The third-order valence-electron chi connectivity index (χ3n) is 6.50. The lowest BCUT2D eigenvalue weighted by molar-refractivity contribution is 0.0707. The standard InChI is InChI=1S/C26H31N3O/c1-17-12-22-16-29(23-6-4-5-7-23)26(30)24(22)14-21(17)13-19-8-10-20(11-9-19)25(15-28-3)18(2)27/h8-12,14-15,23H,4-7,13,16,27H2,1-3H3. The Morgan fingerprint density at radius 2 is 1.90 bits per heavy atom. The largest absolute Gasteiger partial charge is 0.402 e. The Morgan fingerprint density at radius 3 is 2.53 bits per heavy atom. The van der Waals surface area contributed by atoms with Gasteiger partial charge >= 0.3 is 0 Å². The summed E-state index contributed by atoms with van der Waals surface area (Å²) in [7, 11) is 1.75. The van der Waals surface area contributed by atoms with E-state index in [0.29, 0.717) is 6.04 Å². The van der Waals surface area contributed by atoms with Gasteiger partial charge in [0, 0.05) is 42.7 Å². The summed E-state index contributed by atoms with van der Waals surface area (Å²) >= 11 is 0. The van der Waals surface area contributed by atoms with Crippen LogP contribution in [0.1, 0.15) is 70.8 Å². The minimum absolute atomic E-state index is 0.223. The summed E-state index contributed by atoms with van der Waals surface area (Å²) in [5, 5.41) is 0. The lowest BCUT2D eigenvalue weighted by atomic mass is 9.94. The van der Waals surface area contributed by atoms with Gasteiger partial charge in [-0.1, -0.05) is 43.2 Å². The molecule has 4 heteroatoms. The fourth-order valence-corrected chi connectivity index (χ4v) is 4.81. The second-order valence-corrected chi connectivity index (χ2v) is 8.66. The lowest BCUT2D eigenvalue weighted by Gasteiger charge is -2.23. The van der Waals surface area contributed by atoms with Crippen LogP contribution in [0.4, 0.5) is 0 Å². The number of nitrogens with zero attached hydrogens (tertiary/aromatic N) is 2. The van der Waals surface area contributed by atoms with Crippen molar-refractivity contribution < 1.29 is 4.79 Å². The number of aryl methyl sites for hydroxylation is 1. The van der Waals surface area contributed by atoms with Crippen LogP contribution in [0.25, 0.3) is 5.57 Å². The highest BCUT2D eigenvalue weighted by molar-refractivity contribution is 6.10. The highest BCUT2D eigenvalue weighted by Crippen LogP contribution is 2.33. The monoisotopic (exact) mass is 401 g/mol. The van der Waals surface area contributed by atoms with Gasteiger partial charge in [0.05, 0.1) is 0 Å². The molecule has 1 heterocycles. The molecule has 0 radical (unpaired) electrons. The molecule has 1 fully saturated rings. The molecule has 2 aromatic carbocycles. The van der Waals surface area contributed by atoms with E-state index in [-0.39, 0.29) is 5.91 Å². The number of rotatable bonds is 5. The first kappa shape index (κ1) is 20.4. The van der Waals surface area contributed by atoms with E-state index in [9.17, 15) is 4.79 Å². The molecule has 0 bridgehead atoms. The van der Waals surface area contributed by atoms with Gasteiger partial charge in [0.15, 0.2) is 0 Å². The van der Waals surface area contributed by atoms with Gasteiger partial charge in [0.1, 0.15) is 0 Å². The molecule has 1 aliphatic carbocycles. The molecule has 4 rings (SSSR count). The number of hydrogen-bond donors (Lipinski definition) is 1. The molecule has 0 aromatic heterocycles. The molecule has 1 amide bonds. The number of amides is 1. The average molecular weight is 402 g/mol. The first-order valence-electron chi connectivity index (χ1n) is 10.9. The Balaban J connectivity index is 1.55. The van der Waals surface area contributed by atoms with E-state index in [2.05, 4.69) is 53.2 Å². The van der Waals surface area contributed by atoms with Crippen molar-refractivity contribution in [1.82, 2.24) is 4.90 Å². The summed E-state index contributed by atoms with van der Waals surface area (Å²) in [5.74, 6) is 0.223. The van der Waals surface area contributed by atoms with Crippen LogP contribution in [0.15, 0.2) is 47.1 Å². The van der Waals surface area contributed by atoms with Crippen LogP contribution in [0.2, 0.25) is 0 Å². The van der Waals surface area contributed by atoms with Crippen LogP contribution < -0.4 is 5.73 Å². The highest BCUT2D eigenvalue weighted by atomic mass is 16.2. The number of benzene rings is 2. The van der Waals surface area contributed by atoms with Crippen molar-refractivity contribution in [2.75, 3.05) is 7.05 Å². The number of allylic oxidation sites excluding steroid dienone is 2. The van der Waals surface area contributed by atoms with Crippen molar-refractivity contribution in [2.45, 2.75) is 58.5 Å². The Hall–Kier alpha value is -2.88. The molecule has 30 heavy (non-hydrogen) atoms. The predicted octanol–water partition coefficient (Wildman–Crippen LogP) is 4.87. The van der Waals surface area contributed by atoms with Crippen molar-refractivity contribution >= 4 is 17.7 Å². The summed E-state index contributed by atoms with van der Waals surface area (Å²) < 4.78 is 0. The molecule has 1 aliphatic heterocycles. The molecule has 2 aliphatic rings. The van der Waals surface area contributed by atoms with Crippen LogP contribution in [0.5, 0.6) is 0 Å². The number of carbonyl (C=O) groups is 1. The Bertz CT molecular complexity index is 1010. The minimum Gasteiger partial charge on any atom is -0.402 e. The smallest absolute Gasteiger partial charge is 0.254 e. The van der Waals surface area contributed by atoms with E-state index in [1.54, 1.807) is 13.3 Å². The normalized spacial score (nSPS) is 17.7. The number of aliphatic imine (C=N–C) groups is 1. The van der Waals surface area contributed by atoms with E-state index in [4.69, 9.17) is 5.73 Å². The Kier molecular flexibility index (Phi) is 5.76. The number of fused-ring (bicyclic) bond motifs is 1. The van der Waals surface area contributed by atoms with Crippen LogP contribution >= 0.6 is 0 Å². The van der Waals surface area contributed by atoms with Crippen LogP contribution in [-0.2, 0) is 13.0 Å². The fourth-order valence-electron chi connectivity index (χ4n) is 4.81. The van der Waals surface area contributed by atoms with E-state index in [0.717, 1.165) is 48.2 Å². The Morgan fingerprint density at radius 1 is 1.20 bits per heavy atom. The molecule has 2 N–H and O–H groups in total. The van der Waals surface area contributed by atoms with Crippen LogP contribution in [0.3, 0.4) is 0 Å². The Labute approximate surface area is 179 Å². The summed E-state index contributed by atoms with van der Waals surface area (Å²) in [4.78, 5) is 19.3. The first-order chi connectivity index (χ1) is 14.5.